The Morgan fingerprint density at radius 3 is 2.32 bits per heavy atom. The normalized spacial score (nSPS) is 11.1. The van der Waals surface area contributed by atoms with Crippen LogP contribution in [0.1, 0.15) is 25.3 Å². The van der Waals surface area contributed by atoms with Gasteiger partial charge >= 0.3 is 5.97 Å². The third-order valence-corrected chi connectivity index (χ3v) is 2.90. The van der Waals surface area contributed by atoms with Gasteiger partial charge in [-0.3, -0.25) is 4.79 Å². The lowest BCUT2D eigenvalue weighted by molar-refractivity contribution is -0.144. The average Bonchev–Trinajstić information content (AvgIpc) is 2.52. The maximum absolute atomic E-state index is 12.2. The van der Waals surface area contributed by atoms with Crippen LogP contribution in [0.5, 0.6) is 0 Å². The largest absolute Gasteiger partial charge is 0.466 e. The molecule has 0 saturated carbocycles. The van der Waals surface area contributed by atoms with Crippen LogP contribution in [0, 0.1) is 11.6 Å². The first-order valence-electron chi connectivity index (χ1n) is 6.87. The number of halogens is 2. The smallest absolute Gasteiger partial charge is 0.313 e. The lowest BCUT2D eigenvalue weighted by Gasteiger charge is -2.09. The van der Waals surface area contributed by atoms with Crippen molar-refractivity contribution in [1.82, 2.24) is 0 Å². The zero-order valence-electron chi connectivity index (χ0n) is 12.6. The summed E-state index contributed by atoms with van der Waals surface area (Å²) in [6.07, 6.45) is 0. The van der Waals surface area contributed by atoms with Crippen LogP contribution in [0.2, 0.25) is 0 Å². The molecular weight excluding hydrogens is 288 g/mol. The second-order valence-corrected chi connectivity index (χ2v) is 4.55. The third kappa shape index (κ3) is 5.52. The first kappa shape index (κ1) is 17.6. The molecule has 2 aromatic rings. The Kier molecular flexibility index (Phi) is 7.02. The molecule has 0 aromatic heterocycles. The first-order chi connectivity index (χ1) is 10.5. The van der Waals surface area contributed by atoms with Gasteiger partial charge in [0.2, 0.25) is 0 Å². The van der Waals surface area contributed by atoms with Crippen molar-refractivity contribution >= 4 is 11.7 Å². The molecule has 2 aromatic carbocycles. The minimum Gasteiger partial charge on any atom is -0.466 e. The maximum Gasteiger partial charge on any atom is 0.313 e. The van der Waals surface area contributed by atoms with Gasteiger partial charge < -0.3 is 10.5 Å². The molecule has 0 aliphatic rings. The summed E-state index contributed by atoms with van der Waals surface area (Å²) < 4.78 is 29.2. The summed E-state index contributed by atoms with van der Waals surface area (Å²) in [5.41, 5.74) is 5.85. The molecule has 0 heterocycles. The van der Waals surface area contributed by atoms with Crippen LogP contribution in [0.3, 0.4) is 0 Å². The van der Waals surface area contributed by atoms with Gasteiger partial charge in [0.15, 0.2) is 0 Å². The molecule has 0 saturated heterocycles. The molecule has 2 rings (SSSR count). The summed E-state index contributed by atoms with van der Waals surface area (Å²) >= 11 is 0. The Morgan fingerprint density at radius 1 is 1.18 bits per heavy atom. The number of hydrogen-bond donors (Lipinski definition) is 1. The highest BCUT2D eigenvalue weighted by Gasteiger charge is 2.15. The minimum atomic E-state index is -0.587. The summed E-state index contributed by atoms with van der Waals surface area (Å²) in [6, 6.07) is 12.6. The van der Waals surface area contributed by atoms with Crippen LogP contribution in [-0.4, -0.2) is 12.6 Å². The highest BCUT2D eigenvalue weighted by atomic mass is 19.1. The average molecular weight is 307 g/mol. The first-order valence-corrected chi connectivity index (χ1v) is 6.87. The van der Waals surface area contributed by atoms with Gasteiger partial charge in [-0.05, 0) is 37.6 Å². The molecule has 0 aliphatic carbocycles. The Balaban J connectivity index is 0.000000235. The van der Waals surface area contributed by atoms with Crippen molar-refractivity contribution in [2.24, 2.45) is 0 Å². The van der Waals surface area contributed by atoms with Crippen molar-refractivity contribution < 1.29 is 18.3 Å². The highest BCUT2D eigenvalue weighted by molar-refractivity contribution is 5.77. The lowest BCUT2D eigenvalue weighted by atomic mass is 10.0. The number of ether oxygens (including phenoxy) is 1. The second-order valence-electron chi connectivity index (χ2n) is 4.55. The molecule has 0 radical (unpaired) electrons. The Hall–Kier alpha value is -2.43. The Morgan fingerprint density at radius 2 is 1.82 bits per heavy atom. The number of carbonyl (C=O) groups is 1. The molecule has 5 heteroatoms. The summed E-state index contributed by atoms with van der Waals surface area (Å²) in [5.74, 6) is -1.43. The quantitative estimate of drug-likeness (QED) is 0.691. The fraction of sp³-hybridized carbons (Fsp3) is 0.235. The number of hydrogen-bond acceptors (Lipinski definition) is 3. The Labute approximate surface area is 128 Å². The number of carbonyl (C=O) groups excluding carboxylic acids is 1. The van der Waals surface area contributed by atoms with E-state index in [1.54, 1.807) is 0 Å². The fourth-order valence-corrected chi connectivity index (χ4v) is 1.66. The number of esters is 1. The summed E-state index contributed by atoms with van der Waals surface area (Å²) in [6.45, 7) is 4.11. The van der Waals surface area contributed by atoms with E-state index >= 15 is 0 Å². The summed E-state index contributed by atoms with van der Waals surface area (Å²) in [4.78, 5) is 11.3. The molecule has 1 atom stereocenters. The monoisotopic (exact) mass is 307 g/mol. The SMILES string of the molecule is CCOC(=O)C(C)c1ccccc1.Nc1cc(F)ccc1F. The molecule has 22 heavy (non-hydrogen) atoms. The molecule has 0 fully saturated rings. The number of anilines is 1. The van der Waals surface area contributed by atoms with Crippen LogP contribution in [0.4, 0.5) is 14.5 Å². The predicted molar refractivity (Wildman–Crippen MR) is 82.3 cm³/mol. The zero-order valence-corrected chi connectivity index (χ0v) is 12.6. The van der Waals surface area contributed by atoms with E-state index in [1.807, 2.05) is 44.2 Å². The lowest BCUT2D eigenvalue weighted by Crippen LogP contribution is -2.12. The number of benzene rings is 2. The van der Waals surface area contributed by atoms with Gasteiger partial charge in [-0.2, -0.15) is 0 Å². The van der Waals surface area contributed by atoms with Crippen LogP contribution < -0.4 is 5.73 Å². The standard InChI is InChI=1S/C11H14O2.C6H5F2N/c1-3-13-11(12)9(2)10-7-5-4-6-8-10;7-4-1-2-5(8)6(9)3-4/h4-9H,3H2,1-2H3;1-3H,9H2. The van der Waals surface area contributed by atoms with Crippen LogP contribution >= 0.6 is 0 Å². The van der Waals surface area contributed by atoms with Crippen molar-refractivity contribution in [2.45, 2.75) is 19.8 Å². The van der Waals surface area contributed by atoms with Gasteiger partial charge in [0.25, 0.3) is 0 Å². The molecule has 3 nitrogen and oxygen atoms in total. The van der Waals surface area contributed by atoms with Gasteiger partial charge in [-0.1, -0.05) is 30.3 Å². The van der Waals surface area contributed by atoms with Crippen LogP contribution in [-0.2, 0) is 9.53 Å². The zero-order chi connectivity index (χ0) is 16.5. The fourth-order valence-electron chi connectivity index (χ4n) is 1.66. The van der Waals surface area contributed by atoms with Crippen molar-refractivity contribution in [2.75, 3.05) is 12.3 Å². The highest BCUT2D eigenvalue weighted by Crippen LogP contribution is 2.15. The maximum atomic E-state index is 12.2. The van der Waals surface area contributed by atoms with Crippen LogP contribution in [0.25, 0.3) is 0 Å². The minimum absolute atomic E-state index is 0.157. The van der Waals surface area contributed by atoms with Gasteiger partial charge in [-0.15, -0.1) is 0 Å². The number of rotatable bonds is 3. The van der Waals surface area contributed by atoms with Crippen molar-refractivity contribution in [3.05, 3.63) is 65.7 Å². The second kappa shape index (κ2) is 8.77. The van der Waals surface area contributed by atoms with Gasteiger partial charge in [0.1, 0.15) is 11.6 Å². The van der Waals surface area contributed by atoms with Crippen molar-refractivity contribution in [3.63, 3.8) is 0 Å². The van der Waals surface area contributed by atoms with Gasteiger partial charge in [-0.25, -0.2) is 8.78 Å². The molecule has 0 aliphatic heterocycles. The van der Waals surface area contributed by atoms with E-state index in [9.17, 15) is 13.6 Å². The van der Waals surface area contributed by atoms with Crippen molar-refractivity contribution in [1.29, 1.82) is 0 Å². The topological polar surface area (TPSA) is 52.3 Å². The van der Waals surface area contributed by atoms with E-state index in [4.69, 9.17) is 10.5 Å². The third-order valence-electron chi connectivity index (χ3n) is 2.90. The summed E-state index contributed by atoms with van der Waals surface area (Å²) in [7, 11) is 0. The molecule has 118 valence electrons. The van der Waals surface area contributed by atoms with E-state index in [1.165, 1.54) is 0 Å². The van der Waals surface area contributed by atoms with Crippen molar-refractivity contribution in [3.8, 4) is 0 Å². The van der Waals surface area contributed by atoms with E-state index in [0.717, 1.165) is 23.8 Å². The summed E-state index contributed by atoms with van der Waals surface area (Å²) in [5, 5.41) is 0. The molecule has 0 bridgehead atoms. The Bertz CT molecular complexity index is 603. The number of nitrogen functional groups attached to an aromatic ring is 1. The van der Waals surface area contributed by atoms with E-state index in [-0.39, 0.29) is 17.6 Å². The predicted octanol–water partition coefficient (Wildman–Crippen LogP) is 3.90. The molecule has 2 N–H and O–H groups in total. The molecular formula is C17H19F2NO2. The van der Waals surface area contributed by atoms with E-state index in [2.05, 4.69) is 0 Å². The number of nitrogens with two attached hydrogens (primary N) is 1. The molecule has 0 spiro atoms. The molecule has 1 unspecified atom stereocenters. The van der Waals surface area contributed by atoms with E-state index < -0.39 is 11.6 Å². The van der Waals surface area contributed by atoms with Gasteiger partial charge in [0.05, 0.1) is 18.2 Å². The van der Waals surface area contributed by atoms with E-state index in [0.29, 0.717) is 6.61 Å². The molecule has 0 amide bonds. The van der Waals surface area contributed by atoms with Crippen LogP contribution in [0.15, 0.2) is 48.5 Å². The van der Waals surface area contributed by atoms with Gasteiger partial charge in [0, 0.05) is 0 Å².